The molecule has 0 aliphatic heterocycles. The van der Waals surface area contributed by atoms with Crippen LogP contribution in [0.5, 0.6) is 0 Å². The number of hydrazine groups is 1. The Balaban J connectivity index is 4.25. The summed E-state index contributed by atoms with van der Waals surface area (Å²) in [4.78, 5) is 31.3. The summed E-state index contributed by atoms with van der Waals surface area (Å²) in [6.07, 6.45) is -6.86. The molecule has 0 aromatic rings. The van der Waals surface area contributed by atoms with E-state index in [1.807, 2.05) is 0 Å². The van der Waals surface area contributed by atoms with Crippen molar-refractivity contribution >= 4 is 17.9 Å². The summed E-state index contributed by atoms with van der Waals surface area (Å²) >= 11 is 0. The lowest BCUT2D eigenvalue weighted by Gasteiger charge is -2.15. The van der Waals surface area contributed by atoms with E-state index in [9.17, 15) is 27.6 Å². The van der Waals surface area contributed by atoms with Gasteiger partial charge >= 0.3 is 18.2 Å². The summed E-state index contributed by atoms with van der Waals surface area (Å²) in [5.74, 6) is -3.77. The van der Waals surface area contributed by atoms with Gasteiger partial charge in [-0.1, -0.05) is 0 Å². The maximum absolute atomic E-state index is 11.7. The Morgan fingerprint density at radius 2 is 1.71 bits per heavy atom. The van der Waals surface area contributed by atoms with Gasteiger partial charge in [0.2, 0.25) is 0 Å². The summed E-state index contributed by atoms with van der Waals surface area (Å²) in [5.41, 5.74) is 2.30. The Bertz CT molecular complexity index is 319. The fourth-order valence-electron chi connectivity index (χ4n) is 0.619. The van der Waals surface area contributed by atoms with Crippen LogP contribution in [0.3, 0.4) is 0 Å². The first-order valence-corrected chi connectivity index (χ1v) is 3.95. The number of rotatable bonds is 3. The van der Waals surface area contributed by atoms with Gasteiger partial charge in [-0.2, -0.15) is 13.2 Å². The molecule has 0 aliphatic carbocycles. The predicted molar refractivity (Wildman–Crippen MR) is 44.4 cm³/mol. The molecule has 3 amide bonds. The van der Waals surface area contributed by atoms with Crippen molar-refractivity contribution in [1.82, 2.24) is 16.2 Å². The molecule has 11 heteroatoms. The highest BCUT2D eigenvalue weighted by Gasteiger charge is 2.39. The second kappa shape index (κ2) is 5.89. The summed E-state index contributed by atoms with van der Waals surface area (Å²) in [5, 5.41) is 18.3. The Labute approximate surface area is 91.8 Å². The first-order valence-electron chi connectivity index (χ1n) is 3.95. The number of amides is 3. The van der Waals surface area contributed by atoms with E-state index in [4.69, 9.17) is 10.2 Å². The maximum Gasteiger partial charge on any atom is 0.472 e. The molecule has 98 valence electrons. The topological polar surface area (TPSA) is 128 Å². The molecule has 0 aromatic carbocycles. The van der Waals surface area contributed by atoms with Crippen LogP contribution in [0.4, 0.5) is 18.0 Å². The molecular formula is C6H8F3N3O5. The van der Waals surface area contributed by atoms with Crippen LogP contribution < -0.4 is 16.2 Å². The summed E-state index contributed by atoms with van der Waals surface area (Å²) < 4.78 is 35.0. The molecule has 0 saturated heterocycles. The third-order valence-corrected chi connectivity index (χ3v) is 1.35. The van der Waals surface area contributed by atoms with E-state index in [1.54, 1.807) is 0 Å². The van der Waals surface area contributed by atoms with E-state index in [1.165, 1.54) is 10.7 Å². The largest absolute Gasteiger partial charge is 0.472 e. The highest BCUT2D eigenvalue weighted by molar-refractivity contribution is 5.89. The summed E-state index contributed by atoms with van der Waals surface area (Å²) in [6, 6.07) is -1.69. The molecule has 0 radical (unpaired) electrons. The fraction of sp³-hybridized carbons (Fsp3) is 0.500. The average Bonchev–Trinajstić information content (AvgIpc) is 2.20. The standard InChI is InChI=1S/C6H8F3N3O5/c7-6(8,9)4(15)12-11-3(14)2(1-13)10-5(16)17/h2,10,13H,1H2,(H,11,14)(H,12,15)(H,16,17)/t2-/m0/s1. The van der Waals surface area contributed by atoms with Crippen molar-refractivity contribution in [3.8, 4) is 0 Å². The molecule has 0 aromatic heterocycles. The summed E-state index contributed by atoms with van der Waals surface area (Å²) in [6.45, 7) is -0.986. The van der Waals surface area contributed by atoms with E-state index in [0.717, 1.165) is 5.43 Å². The van der Waals surface area contributed by atoms with Crippen LogP contribution >= 0.6 is 0 Å². The fourth-order valence-corrected chi connectivity index (χ4v) is 0.619. The lowest BCUT2D eigenvalue weighted by molar-refractivity contribution is -0.175. The third-order valence-electron chi connectivity index (χ3n) is 1.35. The second-order valence-electron chi connectivity index (χ2n) is 2.63. The predicted octanol–water partition coefficient (Wildman–Crippen LogP) is -1.68. The maximum atomic E-state index is 11.7. The Morgan fingerprint density at radius 3 is 2.06 bits per heavy atom. The van der Waals surface area contributed by atoms with E-state index >= 15 is 0 Å². The van der Waals surface area contributed by atoms with Crippen molar-refractivity contribution in [3.63, 3.8) is 0 Å². The van der Waals surface area contributed by atoms with Crippen molar-refractivity contribution in [2.45, 2.75) is 12.2 Å². The van der Waals surface area contributed by atoms with Crippen LogP contribution in [-0.2, 0) is 9.59 Å². The van der Waals surface area contributed by atoms with Gasteiger partial charge in [0.25, 0.3) is 5.91 Å². The molecule has 17 heavy (non-hydrogen) atoms. The number of carboxylic acid groups (broad SMARTS) is 1. The van der Waals surface area contributed by atoms with Gasteiger partial charge in [-0.15, -0.1) is 0 Å². The van der Waals surface area contributed by atoms with Gasteiger partial charge in [-0.25, -0.2) is 4.79 Å². The summed E-state index contributed by atoms with van der Waals surface area (Å²) in [7, 11) is 0. The molecule has 0 saturated carbocycles. The number of alkyl halides is 3. The van der Waals surface area contributed by atoms with Gasteiger partial charge in [0.05, 0.1) is 6.61 Å². The molecule has 0 spiro atoms. The number of hydrogen-bond donors (Lipinski definition) is 5. The van der Waals surface area contributed by atoms with Crippen LogP contribution in [0.15, 0.2) is 0 Å². The van der Waals surface area contributed by atoms with Crippen molar-refractivity contribution < 1.29 is 37.8 Å². The average molecular weight is 259 g/mol. The van der Waals surface area contributed by atoms with Crippen LogP contribution in [-0.4, -0.2) is 46.9 Å². The van der Waals surface area contributed by atoms with Gasteiger partial charge in [0, 0.05) is 0 Å². The number of halogens is 3. The number of carbonyl (C=O) groups is 3. The number of nitrogens with one attached hydrogen (secondary N) is 3. The van der Waals surface area contributed by atoms with Crippen molar-refractivity contribution in [3.05, 3.63) is 0 Å². The lowest BCUT2D eigenvalue weighted by Crippen LogP contribution is -2.55. The molecule has 1 atom stereocenters. The smallest absolute Gasteiger partial charge is 0.465 e. The first kappa shape index (κ1) is 15.0. The molecule has 0 unspecified atom stereocenters. The monoisotopic (exact) mass is 259 g/mol. The Hall–Kier alpha value is -2.04. The van der Waals surface area contributed by atoms with Crippen molar-refractivity contribution in [2.75, 3.05) is 6.61 Å². The molecule has 0 aliphatic rings. The molecule has 0 rings (SSSR count). The first-order chi connectivity index (χ1) is 7.68. The van der Waals surface area contributed by atoms with Gasteiger partial charge < -0.3 is 15.5 Å². The van der Waals surface area contributed by atoms with Crippen LogP contribution in [0, 0.1) is 0 Å². The van der Waals surface area contributed by atoms with Gasteiger partial charge in [0.15, 0.2) is 0 Å². The zero-order valence-electron chi connectivity index (χ0n) is 8.04. The lowest BCUT2D eigenvalue weighted by atomic mass is 10.3. The molecule has 5 N–H and O–H groups in total. The minimum Gasteiger partial charge on any atom is -0.465 e. The minimum atomic E-state index is -5.19. The van der Waals surface area contributed by atoms with Crippen molar-refractivity contribution in [2.24, 2.45) is 0 Å². The Kier molecular flexibility index (Phi) is 5.18. The van der Waals surface area contributed by atoms with Gasteiger partial charge in [0.1, 0.15) is 6.04 Å². The molecule has 0 bridgehead atoms. The van der Waals surface area contributed by atoms with Crippen LogP contribution in [0.25, 0.3) is 0 Å². The number of hydrogen-bond acceptors (Lipinski definition) is 4. The van der Waals surface area contributed by atoms with Gasteiger partial charge in [-0.05, 0) is 0 Å². The zero-order chi connectivity index (χ0) is 13.6. The van der Waals surface area contributed by atoms with E-state index < -0.39 is 36.7 Å². The molecular weight excluding hydrogens is 251 g/mol. The van der Waals surface area contributed by atoms with E-state index in [2.05, 4.69) is 0 Å². The Morgan fingerprint density at radius 1 is 1.18 bits per heavy atom. The highest BCUT2D eigenvalue weighted by Crippen LogP contribution is 2.13. The second-order valence-corrected chi connectivity index (χ2v) is 2.63. The normalized spacial score (nSPS) is 12.5. The van der Waals surface area contributed by atoms with E-state index in [0.29, 0.717) is 0 Å². The number of aliphatic hydroxyl groups is 1. The van der Waals surface area contributed by atoms with Crippen molar-refractivity contribution in [1.29, 1.82) is 0 Å². The van der Waals surface area contributed by atoms with Crippen LogP contribution in [0.2, 0.25) is 0 Å². The number of carbonyl (C=O) groups excluding carboxylic acids is 2. The third kappa shape index (κ3) is 5.55. The quantitative estimate of drug-likeness (QED) is 0.387. The van der Waals surface area contributed by atoms with E-state index in [-0.39, 0.29) is 0 Å². The minimum absolute atomic E-state index is 0.986. The molecule has 0 heterocycles. The highest BCUT2D eigenvalue weighted by atomic mass is 19.4. The van der Waals surface area contributed by atoms with Gasteiger partial charge in [-0.3, -0.25) is 20.4 Å². The zero-order valence-corrected chi connectivity index (χ0v) is 8.04. The SMILES string of the molecule is O=C(O)N[C@@H](CO)C(=O)NNC(=O)C(F)(F)F. The molecule has 8 nitrogen and oxygen atoms in total. The molecule has 0 fully saturated rings. The number of aliphatic hydroxyl groups excluding tert-OH is 1. The van der Waals surface area contributed by atoms with Crippen LogP contribution in [0.1, 0.15) is 0 Å².